The first kappa shape index (κ1) is 11.6. The molecule has 0 saturated heterocycles. The Kier molecular flexibility index (Phi) is 3.72. The van der Waals surface area contributed by atoms with Crippen LogP contribution in [0.25, 0.3) is 0 Å². The zero-order valence-corrected chi connectivity index (χ0v) is 9.56. The quantitative estimate of drug-likeness (QED) is 0.862. The first-order chi connectivity index (χ1) is 8.29. The molecule has 0 radical (unpaired) electrons. The van der Waals surface area contributed by atoms with Crippen molar-refractivity contribution in [1.82, 2.24) is 15.1 Å². The van der Waals surface area contributed by atoms with Crippen LogP contribution in [0.15, 0.2) is 36.7 Å². The van der Waals surface area contributed by atoms with E-state index >= 15 is 0 Å². The second-order valence-electron chi connectivity index (χ2n) is 3.58. The van der Waals surface area contributed by atoms with E-state index in [1.165, 1.54) is 6.07 Å². The Bertz CT molecular complexity index is 484. The lowest BCUT2D eigenvalue weighted by Crippen LogP contribution is -2.14. The number of para-hydroxylation sites is 1. The highest BCUT2D eigenvalue weighted by Gasteiger charge is 2.05. The number of nitrogens with zero attached hydrogens (tertiary/aromatic N) is 2. The maximum atomic E-state index is 13.3. The summed E-state index contributed by atoms with van der Waals surface area (Å²) >= 11 is 0. The van der Waals surface area contributed by atoms with Crippen molar-refractivity contribution in [2.45, 2.75) is 6.54 Å². The van der Waals surface area contributed by atoms with Crippen LogP contribution in [0.1, 0.15) is 0 Å². The summed E-state index contributed by atoms with van der Waals surface area (Å²) < 4.78 is 20.5. The smallest absolute Gasteiger partial charge is 0.165 e. The number of ether oxygens (including phenoxy) is 1. The van der Waals surface area contributed by atoms with Crippen LogP contribution < -0.4 is 10.1 Å². The van der Waals surface area contributed by atoms with Gasteiger partial charge in [-0.1, -0.05) is 12.1 Å². The molecule has 5 heteroatoms. The molecule has 17 heavy (non-hydrogen) atoms. The van der Waals surface area contributed by atoms with Crippen molar-refractivity contribution in [3.8, 4) is 11.5 Å². The SMILES string of the molecule is CNCCn1cc(Oc2ccccc2F)cn1. The number of aromatic nitrogens is 2. The second-order valence-corrected chi connectivity index (χ2v) is 3.58. The van der Waals surface area contributed by atoms with Gasteiger partial charge in [-0.3, -0.25) is 4.68 Å². The molecule has 1 heterocycles. The zero-order chi connectivity index (χ0) is 12.1. The van der Waals surface area contributed by atoms with Gasteiger partial charge in [-0.15, -0.1) is 0 Å². The third-order valence-electron chi connectivity index (χ3n) is 2.26. The molecule has 0 bridgehead atoms. The fourth-order valence-corrected chi connectivity index (χ4v) is 1.40. The van der Waals surface area contributed by atoms with Gasteiger partial charge in [-0.2, -0.15) is 5.10 Å². The van der Waals surface area contributed by atoms with Gasteiger partial charge < -0.3 is 10.1 Å². The minimum absolute atomic E-state index is 0.209. The van der Waals surface area contributed by atoms with Crippen molar-refractivity contribution >= 4 is 0 Å². The summed E-state index contributed by atoms with van der Waals surface area (Å²) in [7, 11) is 1.88. The summed E-state index contributed by atoms with van der Waals surface area (Å²) in [5, 5.41) is 7.13. The van der Waals surface area contributed by atoms with E-state index in [0.717, 1.165) is 13.1 Å². The number of hydrogen-bond acceptors (Lipinski definition) is 3. The number of hydrogen-bond donors (Lipinski definition) is 1. The first-order valence-electron chi connectivity index (χ1n) is 5.39. The summed E-state index contributed by atoms with van der Waals surface area (Å²) in [6.07, 6.45) is 3.31. The normalized spacial score (nSPS) is 10.5. The van der Waals surface area contributed by atoms with E-state index in [4.69, 9.17) is 4.74 Å². The van der Waals surface area contributed by atoms with Gasteiger partial charge in [-0.05, 0) is 19.2 Å². The average molecular weight is 235 g/mol. The van der Waals surface area contributed by atoms with Gasteiger partial charge in [0.25, 0.3) is 0 Å². The van der Waals surface area contributed by atoms with Crippen LogP contribution in [0, 0.1) is 5.82 Å². The molecule has 90 valence electrons. The largest absolute Gasteiger partial charge is 0.451 e. The van der Waals surface area contributed by atoms with Crippen LogP contribution >= 0.6 is 0 Å². The van der Waals surface area contributed by atoms with E-state index in [0.29, 0.717) is 5.75 Å². The molecule has 0 aliphatic heterocycles. The molecule has 4 nitrogen and oxygen atoms in total. The molecule has 0 aliphatic rings. The summed E-state index contributed by atoms with van der Waals surface area (Å²) in [6, 6.07) is 6.30. The van der Waals surface area contributed by atoms with Gasteiger partial charge in [-0.25, -0.2) is 4.39 Å². The average Bonchev–Trinajstić information content (AvgIpc) is 2.77. The molecule has 1 N–H and O–H groups in total. The molecule has 0 aliphatic carbocycles. The second kappa shape index (κ2) is 5.45. The Morgan fingerprint density at radius 3 is 3.00 bits per heavy atom. The highest BCUT2D eigenvalue weighted by molar-refractivity contribution is 5.29. The van der Waals surface area contributed by atoms with E-state index in [1.54, 1.807) is 35.3 Å². The first-order valence-corrected chi connectivity index (χ1v) is 5.39. The lowest BCUT2D eigenvalue weighted by atomic mass is 10.3. The molecule has 1 aromatic carbocycles. The Balaban J connectivity index is 2.04. The van der Waals surface area contributed by atoms with Gasteiger partial charge in [0.1, 0.15) is 0 Å². The number of halogens is 1. The predicted octanol–water partition coefficient (Wildman–Crippen LogP) is 2.03. The lowest BCUT2D eigenvalue weighted by molar-refractivity contribution is 0.441. The Hall–Kier alpha value is -1.88. The van der Waals surface area contributed by atoms with Crippen molar-refractivity contribution in [3.05, 3.63) is 42.5 Å². The van der Waals surface area contributed by atoms with Crippen LogP contribution in [0.2, 0.25) is 0 Å². The minimum Gasteiger partial charge on any atom is -0.451 e. The third kappa shape index (κ3) is 3.04. The third-order valence-corrected chi connectivity index (χ3v) is 2.26. The summed E-state index contributed by atoms with van der Waals surface area (Å²) in [4.78, 5) is 0. The summed E-state index contributed by atoms with van der Waals surface area (Å²) in [5.41, 5.74) is 0. The molecule has 1 aromatic heterocycles. The van der Waals surface area contributed by atoms with Gasteiger partial charge in [0.15, 0.2) is 17.3 Å². The summed E-state index contributed by atoms with van der Waals surface area (Å²) in [6.45, 7) is 1.57. The summed E-state index contributed by atoms with van der Waals surface area (Å²) in [5.74, 6) is 0.363. The van der Waals surface area contributed by atoms with E-state index in [-0.39, 0.29) is 11.6 Å². The molecule has 0 amide bonds. The van der Waals surface area contributed by atoms with Gasteiger partial charge in [0, 0.05) is 6.54 Å². The molecular formula is C12H14FN3O. The Labute approximate surface area is 99.0 Å². The van der Waals surface area contributed by atoms with Gasteiger partial charge >= 0.3 is 0 Å². The molecule has 0 atom stereocenters. The van der Waals surface area contributed by atoms with Crippen LogP contribution in [0.4, 0.5) is 4.39 Å². The minimum atomic E-state index is -0.379. The molecule has 0 saturated carbocycles. The molecule has 0 unspecified atom stereocenters. The van der Waals surface area contributed by atoms with Crippen molar-refractivity contribution in [2.75, 3.05) is 13.6 Å². The topological polar surface area (TPSA) is 39.1 Å². The van der Waals surface area contributed by atoms with Crippen molar-refractivity contribution in [1.29, 1.82) is 0 Å². The van der Waals surface area contributed by atoms with Crippen molar-refractivity contribution < 1.29 is 9.13 Å². The van der Waals surface area contributed by atoms with Crippen LogP contribution in [-0.2, 0) is 6.54 Å². The predicted molar refractivity (Wildman–Crippen MR) is 62.6 cm³/mol. The monoisotopic (exact) mass is 235 g/mol. The van der Waals surface area contributed by atoms with Crippen LogP contribution in [0.5, 0.6) is 11.5 Å². The number of likely N-dealkylation sites (N-methyl/N-ethyl adjacent to an activating group) is 1. The fraction of sp³-hybridized carbons (Fsp3) is 0.250. The van der Waals surface area contributed by atoms with Gasteiger partial charge in [0.2, 0.25) is 0 Å². The van der Waals surface area contributed by atoms with Gasteiger partial charge in [0.05, 0.1) is 18.9 Å². The highest BCUT2D eigenvalue weighted by Crippen LogP contribution is 2.23. The number of benzene rings is 1. The van der Waals surface area contributed by atoms with E-state index in [1.807, 2.05) is 7.05 Å². The zero-order valence-electron chi connectivity index (χ0n) is 9.56. The maximum absolute atomic E-state index is 13.3. The van der Waals surface area contributed by atoms with E-state index in [9.17, 15) is 4.39 Å². The van der Waals surface area contributed by atoms with Crippen molar-refractivity contribution in [2.24, 2.45) is 0 Å². The van der Waals surface area contributed by atoms with Crippen LogP contribution in [-0.4, -0.2) is 23.4 Å². The molecular weight excluding hydrogens is 221 g/mol. The Morgan fingerprint density at radius 2 is 2.24 bits per heavy atom. The van der Waals surface area contributed by atoms with E-state index in [2.05, 4.69) is 10.4 Å². The maximum Gasteiger partial charge on any atom is 0.165 e. The standard InChI is InChI=1S/C12H14FN3O/c1-14-6-7-16-9-10(8-15-16)17-12-5-3-2-4-11(12)13/h2-5,8-9,14H,6-7H2,1H3. The lowest BCUT2D eigenvalue weighted by Gasteiger charge is -2.03. The highest BCUT2D eigenvalue weighted by atomic mass is 19.1. The Morgan fingerprint density at radius 1 is 1.41 bits per heavy atom. The number of nitrogens with one attached hydrogen (secondary N) is 1. The van der Waals surface area contributed by atoms with Crippen molar-refractivity contribution in [3.63, 3.8) is 0 Å². The molecule has 0 fully saturated rings. The fourth-order valence-electron chi connectivity index (χ4n) is 1.40. The number of rotatable bonds is 5. The molecule has 2 aromatic rings. The van der Waals surface area contributed by atoms with E-state index < -0.39 is 0 Å². The molecule has 0 spiro atoms. The molecule has 2 rings (SSSR count). The van der Waals surface area contributed by atoms with Crippen LogP contribution in [0.3, 0.4) is 0 Å².